The van der Waals surface area contributed by atoms with Gasteiger partial charge in [-0.05, 0) is 42.5 Å². The Hall–Kier alpha value is -1.20. The number of hydrogen-bond acceptors (Lipinski definition) is 5. The average Bonchev–Trinajstić information content (AvgIpc) is 2.83. The number of β-amino-alcohol motifs (C(OH)–C–C–N with tert-alkyl or cyclic N) is 1. The third-order valence-electron chi connectivity index (χ3n) is 4.45. The summed E-state index contributed by atoms with van der Waals surface area (Å²) in [5.41, 5.74) is 1.35. The van der Waals surface area contributed by atoms with Crippen LogP contribution < -0.4 is 4.90 Å². The van der Waals surface area contributed by atoms with Gasteiger partial charge in [0.1, 0.15) is 16.5 Å². The summed E-state index contributed by atoms with van der Waals surface area (Å²) in [6.45, 7) is 10.2. The SMILES string of the molecule is Cc1nc(N2CCC(C)C(O)C2)c2c(CC(C)C)csc2n1. The molecule has 1 fully saturated rings. The van der Waals surface area contributed by atoms with Crippen molar-refractivity contribution in [2.24, 2.45) is 11.8 Å². The van der Waals surface area contributed by atoms with E-state index in [-0.39, 0.29) is 6.10 Å². The number of fused-ring (bicyclic) bond motifs is 1. The lowest BCUT2D eigenvalue weighted by molar-refractivity contribution is 0.102. The molecule has 0 spiro atoms. The van der Waals surface area contributed by atoms with Crippen LogP contribution in [-0.2, 0) is 6.42 Å². The molecule has 4 nitrogen and oxygen atoms in total. The van der Waals surface area contributed by atoms with Gasteiger partial charge < -0.3 is 10.0 Å². The lowest BCUT2D eigenvalue weighted by Gasteiger charge is -2.35. The van der Waals surface area contributed by atoms with Crippen molar-refractivity contribution in [1.82, 2.24) is 9.97 Å². The summed E-state index contributed by atoms with van der Waals surface area (Å²) < 4.78 is 0. The first-order valence-corrected chi connectivity index (χ1v) is 9.01. The zero-order valence-electron chi connectivity index (χ0n) is 13.8. The summed E-state index contributed by atoms with van der Waals surface area (Å²) in [5.74, 6) is 2.81. The molecule has 22 heavy (non-hydrogen) atoms. The third kappa shape index (κ3) is 2.97. The maximum Gasteiger partial charge on any atom is 0.141 e. The average molecular weight is 319 g/mol. The minimum Gasteiger partial charge on any atom is -0.391 e. The number of aryl methyl sites for hydroxylation is 1. The number of aliphatic hydroxyl groups is 1. The topological polar surface area (TPSA) is 49.2 Å². The normalized spacial score (nSPS) is 22.7. The maximum atomic E-state index is 10.2. The molecule has 2 aromatic heterocycles. The minimum atomic E-state index is -0.272. The van der Waals surface area contributed by atoms with Gasteiger partial charge >= 0.3 is 0 Å². The third-order valence-corrected chi connectivity index (χ3v) is 5.37. The Morgan fingerprint density at radius 1 is 1.41 bits per heavy atom. The molecule has 0 radical (unpaired) electrons. The van der Waals surface area contributed by atoms with E-state index < -0.39 is 0 Å². The molecule has 3 rings (SSSR count). The monoisotopic (exact) mass is 319 g/mol. The van der Waals surface area contributed by atoms with E-state index in [9.17, 15) is 5.11 Å². The van der Waals surface area contributed by atoms with Crippen LogP contribution in [0.3, 0.4) is 0 Å². The van der Waals surface area contributed by atoms with E-state index in [2.05, 4.69) is 36.0 Å². The van der Waals surface area contributed by atoms with Crippen molar-refractivity contribution in [2.75, 3.05) is 18.0 Å². The zero-order valence-corrected chi connectivity index (χ0v) is 14.7. The number of rotatable bonds is 3. The van der Waals surface area contributed by atoms with Crippen LogP contribution in [0.1, 0.15) is 38.6 Å². The van der Waals surface area contributed by atoms with Crippen molar-refractivity contribution < 1.29 is 5.11 Å². The summed E-state index contributed by atoms with van der Waals surface area (Å²) in [5, 5.41) is 13.7. The first-order valence-electron chi connectivity index (χ1n) is 8.13. The smallest absolute Gasteiger partial charge is 0.141 e. The molecule has 3 heterocycles. The number of aromatic nitrogens is 2. The molecular formula is C17H25N3OS. The van der Waals surface area contributed by atoms with Gasteiger partial charge in [-0.3, -0.25) is 0 Å². The molecule has 0 saturated carbocycles. The van der Waals surface area contributed by atoms with Crippen LogP contribution >= 0.6 is 11.3 Å². The van der Waals surface area contributed by atoms with Crippen molar-refractivity contribution in [1.29, 1.82) is 0 Å². The first-order chi connectivity index (χ1) is 10.5. The van der Waals surface area contributed by atoms with Crippen LogP contribution in [0, 0.1) is 18.8 Å². The maximum absolute atomic E-state index is 10.2. The van der Waals surface area contributed by atoms with Crippen LogP contribution in [0.4, 0.5) is 5.82 Å². The lowest BCUT2D eigenvalue weighted by Crippen LogP contribution is -2.43. The second kappa shape index (κ2) is 6.13. The zero-order chi connectivity index (χ0) is 15.9. The van der Waals surface area contributed by atoms with Crippen LogP contribution in [0.15, 0.2) is 5.38 Å². The molecule has 1 aliphatic rings. The summed E-state index contributed by atoms with van der Waals surface area (Å²) in [6, 6.07) is 0. The Kier molecular flexibility index (Phi) is 4.37. The fraction of sp³-hybridized carbons (Fsp3) is 0.647. The van der Waals surface area contributed by atoms with Crippen molar-refractivity contribution in [2.45, 2.75) is 46.6 Å². The van der Waals surface area contributed by atoms with Gasteiger partial charge in [-0.25, -0.2) is 9.97 Å². The summed E-state index contributed by atoms with van der Waals surface area (Å²) >= 11 is 1.71. The van der Waals surface area contributed by atoms with Crippen LogP contribution in [0.2, 0.25) is 0 Å². The van der Waals surface area contributed by atoms with Crippen LogP contribution in [0.25, 0.3) is 10.2 Å². The Morgan fingerprint density at radius 3 is 2.86 bits per heavy atom. The van der Waals surface area contributed by atoms with Gasteiger partial charge in [-0.15, -0.1) is 11.3 Å². The predicted octanol–water partition coefficient (Wildman–Crippen LogP) is 3.41. The van der Waals surface area contributed by atoms with E-state index >= 15 is 0 Å². The number of anilines is 1. The fourth-order valence-corrected chi connectivity index (χ4v) is 4.14. The van der Waals surface area contributed by atoms with Gasteiger partial charge in [-0.1, -0.05) is 20.8 Å². The highest BCUT2D eigenvalue weighted by atomic mass is 32.1. The second-order valence-corrected chi connectivity index (χ2v) is 7.77. The predicted molar refractivity (Wildman–Crippen MR) is 92.7 cm³/mol. The van der Waals surface area contributed by atoms with Gasteiger partial charge in [0.25, 0.3) is 0 Å². The summed E-state index contributed by atoms with van der Waals surface area (Å²) in [4.78, 5) is 12.7. The Balaban J connectivity index is 2.05. The van der Waals surface area contributed by atoms with E-state index in [4.69, 9.17) is 4.98 Å². The Bertz CT molecular complexity index is 667. The summed E-state index contributed by atoms with van der Waals surface area (Å²) in [7, 11) is 0. The highest BCUT2D eigenvalue weighted by molar-refractivity contribution is 7.17. The van der Waals surface area contributed by atoms with Crippen molar-refractivity contribution in [3.63, 3.8) is 0 Å². The lowest BCUT2D eigenvalue weighted by atomic mass is 9.95. The van der Waals surface area contributed by atoms with Crippen molar-refractivity contribution in [3.8, 4) is 0 Å². The van der Waals surface area contributed by atoms with Gasteiger partial charge in [0.15, 0.2) is 0 Å². The number of hydrogen-bond donors (Lipinski definition) is 1. The molecule has 2 atom stereocenters. The number of nitrogens with zero attached hydrogens (tertiary/aromatic N) is 3. The van der Waals surface area contributed by atoms with Gasteiger partial charge in [-0.2, -0.15) is 0 Å². The Labute approximate surface area is 136 Å². The van der Waals surface area contributed by atoms with Crippen LogP contribution in [-0.4, -0.2) is 34.3 Å². The minimum absolute atomic E-state index is 0.272. The van der Waals surface area contributed by atoms with Gasteiger partial charge in [0.2, 0.25) is 0 Å². The van der Waals surface area contributed by atoms with E-state index in [1.807, 2.05) is 6.92 Å². The van der Waals surface area contributed by atoms with E-state index in [0.29, 0.717) is 18.4 Å². The highest BCUT2D eigenvalue weighted by Crippen LogP contribution is 2.35. The Morgan fingerprint density at radius 2 is 2.18 bits per heavy atom. The number of thiophene rings is 1. The van der Waals surface area contributed by atoms with Gasteiger partial charge in [0, 0.05) is 13.1 Å². The molecule has 1 saturated heterocycles. The molecular weight excluding hydrogens is 294 g/mol. The quantitative estimate of drug-likeness (QED) is 0.942. The largest absolute Gasteiger partial charge is 0.391 e. The second-order valence-electron chi connectivity index (χ2n) is 6.91. The molecule has 5 heteroatoms. The number of piperidine rings is 1. The molecule has 2 aromatic rings. The number of aliphatic hydroxyl groups excluding tert-OH is 1. The standard InChI is InChI=1S/C17H25N3OS/c1-10(2)7-13-9-22-17-15(13)16(18-12(4)19-17)20-6-5-11(3)14(21)8-20/h9-11,14,21H,5-8H2,1-4H3. The van der Waals surface area contributed by atoms with E-state index in [1.165, 1.54) is 10.9 Å². The molecule has 0 aliphatic carbocycles. The molecule has 0 bridgehead atoms. The first kappa shape index (κ1) is 15.7. The molecule has 1 N–H and O–H groups in total. The van der Waals surface area contributed by atoms with E-state index in [0.717, 1.165) is 35.9 Å². The fourth-order valence-electron chi connectivity index (χ4n) is 3.14. The molecule has 2 unspecified atom stereocenters. The molecule has 0 aromatic carbocycles. The van der Waals surface area contributed by atoms with E-state index in [1.54, 1.807) is 11.3 Å². The summed E-state index contributed by atoms with van der Waals surface area (Å²) in [6.07, 6.45) is 1.79. The van der Waals surface area contributed by atoms with Gasteiger partial charge in [0.05, 0.1) is 11.5 Å². The highest BCUT2D eigenvalue weighted by Gasteiger charge is 2.27. The van der Waals surface area contributed by atoms with Crippen molar-refractivity contribution >= 4 is 27.4 Å². The molecule has 1 aliphatic heterocycles. The molecule has 120 valence electrons. The van der Waals surface area contributed by atoms with Crippen LogP contribution in [0.5, 0.6) is 0 Å². The van der Waals surface area contributed by atoms with Crippen molar-refractivity contribution in [3.05, 3.63) is 16.8 Å². The molecule has 0 amide bonds.